The van der Waals surface area contributed by atoms with Crippen molar-refractivity contribution in [3.8, 4) is 0 Å². The summed E-state index contributed by atoms with van der Waals surface area (Å²) in [5.74, 6) is -1.05. The first-order valence-corrected chi connectivity index (χ1v) is 6.17. The van der Waals surface area contributed by atoms with Crippen molar-refractivity contribution < 1.29 is 19.5 Å². The lowest BCUT2D eigenvalue weighted by Gasteiger charge is -2.23. The van der Waals surface area contributed by atoms with Crippen molar-refractivity contribution >= 4 is 17.9 Å². The SMILES string of the molecule is CNC(=O)C(C)(C)CNC(=O)NC(C)CCC(=O)O. The first kappa shape index (κ1) is 17.2. The van der Waals surface area contributed by atoms with Crippen LogP contribution in [0.2, 0.25) is 0 Å². The van der Waals surface area contributed by atoms with E-state index < -0.39 is 17.4 Å². The first-order valence-electron chi connectivity index (χ1n) is 6.17. The second kappa shape index (κ2) is 7.60. The number of rotatable bonds is 7. The summed E-state index contributed by atoms with van der Waals surface area (Å²) in [6.07, 6.45) is 0.368. The maximum atomic E-state index is 11.6. The highest BCUT2D eigenvalue weighted by Crippen LogP contribution is 2.12. The van der Waals surface area contributed by atoms with E-state index in [2.05, 4.69) is 16.0 Å². The molecule has 0 aliphatic carbocycles. The summed E-state index contributed by atoms with van der Waals surface area (Å²) in [7, 11) is 1.54. The lowest BCUT2D eigenvalue weighted by molar-refractivity contribution is -0.137. The van der Waals surface area contributed by atoms with Gasteiger partial charge in [-0.05, 0) is 27.2 Å². The second-order valence-electron chi connectivity index (χ2n) is 5.12. The molecule has 0 aliphatic heterocycles. The van der Waals surface area contributed by atoms with E-state index in [1.54, 1.807) is 20.8 Å². The zero-order valence-electron chi connectivity index (χ0n) is 11.9. The summed E-state index contributed by atoms with van der Waals surface area (Å²) in [6.45, 7) is 5.37. The largest absolute Gasteiger partial charge is 0.481 e. The lowest BCUT2D eigenvalue weighted by atomic mass is 9.92. The fourth-order valence-corrected chi connectivity index (χ4v) is 1.41. The van der Waals surface area contributed by atoms with Gasteiger partial charge < -0.3 is 21.1 Å². The maximum absolute atomic E-state index is 11.6. The molecule has 1 unspecified atom stereocenters. The molecule has 3 amide bonds. The molecular formula is C12H23N3O4. The van der Waals surface area contributed by atoms with Crippen molar-refractivity contribution in [2.75, 3.05) is 13.6 Å². The lowest BCUT2D eigenvalue weighted by Crippen LogP contribution is -2.48. The smallest absolute Gasteiger partial charge is 0.315 e. The van der Waals surface area contributed by atoms with E-state index in [4.69, 9.17) is 5.11 Å². The molecule has 0 aliphatic rings. The molecule has 0 spiro atoms. The predicted octanol–water partition coefficient (Wildman–Crippen LogP) is 0.311. The molecule has 0 fully saturated rings. The van der Waals surface area contributed by atoms with Crippen molar-refractivity contribution in [3.05, 3.63) is 0 Å². The number of urea groups is 1. The third-order valence-corrected chi connectivity index (χ3v) is 2.70. The molecule has 0 saturated heterocycles. The number of carboxylic acid groups (broad SMARTS) is 1. The molecule has 0 aromatic carbocycles. The minimum absolute atomic E-state index is 0.00514. The number of carboxylic acids is 1. The predicted molar refractivity (Wildman–Crippen MR) is 70.7 cm³/mol. The van der Waals surface area contributed by atoms with Gasteiger partial charge in [0.1, 0.15) is 0 Å². The van der Waals surface area contributed by atoms with Gasteiger partial charge in [-0.2, -0.15) is 0 Å². The van der Waals surface area contributed by atoms with Crippen LogP contribution in [0.15, 0.2) is 0 Å². The topological polar surface area (TPSA) is 108 Å². The molecular weight excluding hydrogens is 250 g/mol. The van der Waals surface area contributed by atoms with E-state index in [1.165, 1.54) is 7.05 Å². The van der Waals surface area contributed by atoms with E-state index >= 15 is 0 Å². The molecule has 0 rings (SSSR count). The number of hydrogen-bond acceptors (Lipinski definition) is 3. The Morgan fingerprint density at radius 2 is 1.84 bits per heavy atom. The molecule has 0 heterocycles. The minimum atomic E-state index is -0.894. The molecule has 7 nitrogen and oxygen atoms in total. The Morgan fingerprint density at radius 3 is 2.32 bits per heavy atom. The highest BCUT2D eigenvalue weighted by atomic mass is 16.4. The van der Waals surface area contributed by atoms with Gasteiger partial charge in [0.05, 0.1) is 5.41 Å². The average Bonchev–Trinajstić information content (AvgIpc) is 2.33. The van der Waals surface area contributed by atoms with Gasteiger partial charge in [-0.3, -0.25) is 9.59 Å². The van der Waals surface area contributed by atoms with E-state index in [0.29, 0.717) is 6.42 Å². The van der Waals surface area contributed by atoms with Crippen LogP contribution in [0.3, 0.4) is 0 Å². The quantitative estimate of drug-likeness (QED) is 0.535. The third kappa shape index (κ3) is 7.28. The minimum Gasteiger partial charge on any atom is -0.481 e. The first-order chi connectivity index (χ1) is 8.69. The van der Waals surface area contributed by atoms with Crippen LogP contribution in [0.5, 0.6) is 0 Å². The van der Waals surface area contributed by atoms with Crippen LogP contribution in [-0.4, -0.2) is 42.6 Å². The summed E-state index contributed by atoms with van der Waals surface area (Å²) < 4.78 is 0. The van der Waals surface area contributed by atoms with Crippen molar-refractivity contribution in [3.63, 3.8) is 0 Å². The normalized spacial score (nSPS) is 12.4. The summed E-state index contributed by atoms with van der Waals surface area (Å²) in [4.78, 5) is 33.4. The van der Waals surface area contributed by atoms with E-state index in [-0.39, 0.29) is 24.9 Å². The van der Waals surface area contributed by atoms with Gasteiger partial charge in [-0.1, -0.05) is 0 Å². The van der Waals surface area contributed by atoms with Gasteiger partial charge >= 0.3 is 12.0 Å². The second-order valence-corrected chi connectivity index (χ2v) is 5.12. The Morgan fingerprint density at radius 1 is 1.26 bits per heavy atom. The fraction of sp³-hybridized carbons (Fsp3) is 0.750. The molecule has 19 heavy (non-hydrogen) atoms. The van der Waals surface area contributed by atoms with Crippen LogP contribution >= 0.6 is 0 Å². The van der Waals surface area contributed by atoms with Crippen LogP contribution in [0.1, 0.15) is 33.6 Å². The van der Waals surface area contributed by atoms with Crippen molar-refractivity contribution in [2.24, 2.45) is 5.41 Å². The summed E-state index contributed by atoms with van der Waals surface area (Å²) >= 11 is 0. The monoisotopic (exact) mass is 273 g/mol. The Kier molecular flexibility index (Phi) is 6.89. The molecule has 110 valence electrons. The molecule has 0 radical (unpaired) electrons. The third-order valence-electron chi connectivity index (χ3n) is 2.70. The van der Waals surface area contributed by atoms with Crippen LogP contribution in [0.25, 0.3) is 0 Å². The van der Waals surface area contributed by atoms with Gasteiger partial charge in [0.2, 0.25) is 5.91 Å². The van der Waals surface area contributed by atoms with Crippen LogP contribution in [0.4, 0.5) is 4.79 Å². The standard InChI is InChI=1S/C12H23N3O4/c1-8(5-6-9(16)17)15-11(19)14-7-12(2,3)10(18)13-4/h8H,5-7H2,1-4H3,(H,13,18)(H,16,17)(H2,14,15,19). The zero-order chi connectivity index (χ0) is 15.1. The number of carbonyl (C=O) groups is 3. The Balaban J connectivity index is 4.05. The van der Waals surface area contributed by atoms with Crippen molar-refractivity contribution in [2.45, 2.75) is 39.7 Å². The fourth-order valence-electron chi connectivity index (χ4n) is 1.41. The Labute approximate surface area is 113 Å². The van der Waals surface area contributed by atoms with E-state index in [9.17, 15) is 14.4 Å². The molecule has 0 aromatic heterocycles. The summed E-state index contributed by atoms with van der Waals surface area (Å²) in [6, 6.07) is -0.644. The van der Waals surface area contributed by atoms with Crippen LogP contribution in [-0.2, 0) is 9.59 Å². The number of hydrogen-bond donors (Lipinski definition) is 4. The number of aliphatic carboxylic acids is 1. The van der Waals surface area contributed by atoms with Gasteiger partial charge in [-0.25, -0.2) is 4.79 Å². The van der Waals surface area contributed by atoms with Crippen LogP contribution < -0.4 is 16.0 Å². The van der Waals surface area contributed by atoms with Crippen LogP contribution in [0, 0.1) is 5.41 Å². The van der Waals surface area contributed by atoms with Gasteiger partial charge in [-0.15, -0.1) is 0 Å². The molecule has 0 saturated carbocycles. The molecule has 0 bridgehead atoms. The average molecular weight is 273 g/mol. The molecule has 1 atom stereocenters. The van der Waals surface area contributed by atoms with E-state index in [1.807, 2.05) is 0 Å². The Hall–Kier alpha value is -1.79. The maximum Gasteiger partial charge on any atom is 0.315 e. The van der Waals surface area contributed by atoms with Crippen molar-refractivity contribution in [1.29, 1.82) is 0 Å². The molecule has 4 N–H and O–H groups in total. The number of amides is 3. The van der Waals surface area contributed by atoms with E-state index in [0.717, 1.165) is 0 Å². The van der Waals surface area contributed by atoms with Gasteiger partial charge in [0.15, 0.2) is 0 Å². The number of nitrogens with one attached hydrogen (secondary N) is 3. The molecule has 0 aromatic rings. The highest BCUT2D eigenvalue weighted by Gasteiger charge is 2.27. The summed E-state index contributed by atoms with van der Waals surface area (Å²) in [5.41, 5.74) is -0.698. The van der Waals surface area contributed by atoms with Gasteiger partial charge in [0.25, 0.3) is 0 Å². The van der Waals surface area contributed by atoms with Gasteiger partial charge in [0, 0.05) is 26.1 Å². The zero-order valence-corrected chi connectivity index (χ0v) is 11.9. The molecule has 7 heteroatoms. The summed E-state index contributed by atoms with van der Waals surface area (Å²) in [5, 5.41) is 16.3. The highest BCUT2D eigenvalue weighted by molar-refractivity contribution is 5.83. The Bertz CT molecular complexity index is 342. The van der Waals surface area contributed by atoms with Crippen molar-refractivity contribution in [1.82, 2.24) is 16.0 Å². The number of carbonyl (C=O) groups excluding carboxylic acids is 2.